The van der Waals surface area contributed by atoms with Gasteiger partial charge in [0.2, 0.25) is 0 Å². The molecule has 1 aliphatic rings. The maximum Gasteiger partial charge on any atom is 0.309 e. The number of halogens is 1. The largest absolute Gasteiger partial charge is 0.481 e. The predicted octanol–water partition coefficient (Wildman–Crippen LogP) is 1.70. The zero-order valence-corrected chi connectivity index (χ0v) is 12.6. The molecule has 1 aromatic rings. The van der Waals surface area contributed by atoms with E-state index in [4.69, 9.17) is 10.2 Å². The van der Waals surface area contributed by atoms with Crippen LogP contribution in [0.2, 0.25) is 0 Å². The maximum absolute atomic E-state index is 12.4. The Labute approximate surface area is 129 Å². The Kier molecular flexibility index (Phi) is 4.62. The molecule has 2 unspecified atom stereocenters. The lowest BCUT2D eigenvalue weighted by Crippen LogP contribution is -2.48. The molecule has 0 aliphatic carbocycles. The highest BCUT2D eigenvalue weighted by Gasteiger charge is 2.40. The lowest BCUT2D eigenvalue weighted by atomic mass is 9.85. The zero-order valence-electron chi connectivity index (χ0n) is 11.0. The number of rotatable bonds is 3. The fourth-order valence-corrected chi connectivity index (χ4v) is 2.89. The summed E-state index contributed by atoms with van der Waals surface area (Å²) in [5, 5.41) is 18.2. The molecule has 112 valence electrons. The number of benzene rings is 1. The Hall–Kier alpha value is -1.89. The Bertz CT molecular complexity index is 588. The van der Waals surface area contributed by atoms with Crippen molar-refractivity contribution in [3.8, 4) is 0 Å². The number of nitrogens with zero attached hydrogens (tertiary/aromatic N) is 1. The highest BCUT2D eigenvalue weighted by molar-refractivity contribution is 9.10. The number of aliphatic carboxylic acids is 2. The zero-order chi connectivity index (χ0) is 15.6. The normalized spacial score (nSPS) is 21.9. The molecule has 0 bridgehead atoms. The van der Waals surface area contributed by atoms with E-state index in [-0.39, 0.29) is 25.4 Å². The molecule has 21 heavy (non-hydrogen) atoms. The first kappa shape index (κ1) is 15.5. The van der Waals surface area contributed by atoms with Crippen LogP contribution in [0.3, 0.4) is 0 Å². The second-order valence-electron chi connectivity index (χ2n) is 4.94. The van der Waals surface area contributed by atoms with Crippen LogP contribution in [0.5, 0.6) is 0 Å². The van der Waals surface area contributed by atoms with Crippen molar-refractivity contribution in [2.75, 3.05) is 13.1 Å². The molecule has 0 spiro atoms. The number of hydrogen-bond acceptors (Lipinski definition) is 3. The van der Waals surface area contributed by atoms with Gasteiger partial charge in [-0.3, -0.25) is 14.4 Å². The molecule has 1 aliphatic heterocycles. The van der Waals surface area contributed by atoms with Crippen LogP contribution >= 0.6 is 15.9 Å². The van der Waals surface area contributed by atoms with E-state index in [2.05, 4.69) is 15.9 Å². The van der Waals surface area contributed by atoms with E-state index < -0.39 is 23.8 Å². The van der Waals surface area contributed by atoms with Crippen LogP contribution in [0, 0.1) is 11.8 Å². The molecule has 1 aromatic carbocycles. The summed E-state index contributed by atoms with van der Waals surface area (Å²) in [6.45, 7) is 0.156. The van der Waals surface area contributed by atoms with Gasteiger partial charge in [0.1, 0.15) is 0 Å². The van der Waals surface area contributed by atoms with E-state index in [1.165, 1.54) is 4.90 Å². The van der Waals surface area contributed by atoms with Crippen LogP contribution in [0.15, 0.2) is 28.7 Å². The number of carboxylic acids is 2. The van der Waals surface area contributed by atoms with E-state index in [1.54, 1.807) is 24.3 Å². The molecule has 2 atom stereocenters. The number of carboxylic acid groups (broad SMARTS) is 2. The van der Waals surface area contributed by atoms with Crippen molar-refractivity contribution < 1.29 is 24.6 Å². The quantitative estimate of drug-likeness (QED) is 0.860. The van der Waals surface area contributed by atoms with Crippen molar-refractivity contribution in [3.63, 3.8) is 0 Å². The van der Waals surface area contributed by atoms with E-state index >= 15 is 0 Å². The van der Waals surface area contributed by atoms with Crippen molar-refractivity contribution in [2.45, 2.75) is 6.42 Å². The van der Waals surface area contributed by atoms with Crippen molar-refractivity contribution in [3.05, 3.63) is 34.3 Å². The fraction of sp³-hybridized carbons (Fsp3) is 0.357. The minimum atomic E-state index is -1.19. The maximum atomic E-state index is 12.4. The van der Waals surface area contributed by atoms with Crippen LogP contribution < -0.4 is 0 Å². The molecule has 7 heteroatoms. The number of carbonyl (C=O) groups excluding carboxylic acids is 1. The standard InChI is InChI=1S/C14H14BrNO5/c15-9-3-1-2-8(6-9)12(17)16-5-4-10(13(18)19)11(7-16)14(20)21/h1-3,6,10-11H,4-5,7H2,(H,18,19)(H,20,21). The number of piperidine rings is 1. The third kappa shape index (κ3) is 3.41. The second-order valence-corrected chi connectivity index (χ2v) is 5.86. The molecule has 0 radical (unpaired) electrons. The van der Waals surface area contributed by atoms with Crippen molar-refractivity contribution in [1.29, 1.82) is 0 Å². The van der Waals surface area contributed by atoms with E-state index in [0.717, 1.165) is 4.47 Å². The summed E-state index contributed by atoms with van der Waals surface area (Å²) in [5.41, 5.74) is 0.447. The predicted molar refractivity (Wildman–Crippen MR) is 76.9 cm³/mol. The highest BCUT2D eigenvalue weighted by Crippen LogP contribution is 2.26. The number of hydrogen-bond donors (Lipinski definition) is 2. The van der Waals surface area contributed by atoms with Crippen LogP contribution in [-0.4, -0.2) is 46.0 Å². The number of likely N-dealkylation sites (tertiary alicyclic amines) is 1. The molecule has 1 fully saturated rings. The van der Waals surface area contributed by atoms with E-state index in [1.807, 2.05) is 0 Å². The third-order valence-corrected chi connectivity index (χ3v) is 4.10. The fourth-order valence-electron chi connectivity index (χ4n) is 2.49. The summed E-state index contributed by atoms with van der Waals surface area (Å²) in [6.07, 6.45) is 0.145. The van der Waals surface area contributed by atoms with Crippen LogP contribution in [0.1, 0.15) is 16.8 Å². The molecule has 6 nitrogen and oxygen atoms in total. The Morgan fingerprint density at radius 1 is 1.14 bits per heavy atom. The number of carbonyl (C=O) groups is 3. The van der Waals surface area contributed by atoms with Gasteiger partial charge in [0.05, 0.1) is 11.8 Å². The summed E-state index contributed by atoms with van der Waals surface area (Å²) in [6, 6.07) is 6.80. The molecule has 2 rings (SSSR count). The topological polar surface area (TPSA) is 94.9 Å². The highest BCUT2D eigenvalue weighted by atomic mass is 79.9. The number of amides is 1. The first-order chi connectivity index (χ1) is 9.90. The van der Waals surface area contributed by atoms with Crippen LogP contribution in [0.25, 0.3) is 0 Å². The SMILES string of the molecule is O=C(O)C1CCN(C(=O)c2cccc(Br)c2)CC1C(=O)O. The Balaban J connectivity index is 2.17. The van der Waals surface area contributed by atoms with Gasteiger partial charge in [-0.2, -0.15) is 0 Å². The van der Waals surface area contributed by atoms with Crippen molar-refractivity contribution in [1.82, 2.24) is 4.90 Å². The average Bonchev–Trinajstić information content (AvgIpc) is 2.45. The Morgan fingerprint density at radius 3 is 2.38 bits per heavy atom. The smallest absolute Gasteiger partial charge is 0.309 e. The summed E-state index contributed by atoms with van der Waals surface area (Å²) in [5.74, 6) is -4.63. The lowest BCUT2D eigenvalue weighted by Gasteiger charge is -2.34. The summed E-state index contributed by atoms with van der Waals surface area (Å²) < 4.78 is 0.753. The van der Waals surface area contributed by atoms with Gasteiger partial charge in [-0.15, -0.1) is 0 Å². The van der Waals surface area contributed by atoms with Crippen molar-refractivity contribution >= 4 is 33.8 Å². The first-order valence-electron chi connectivity index (χ1n) is 6.40. The van der Waals surface area contributed by atoms with E-state index in [9.17, 15) is 14.4 Å². The average molecular weight is 356 g/mol. The molecule has 1 amide bonds. The van der Waals surface area contributed by atoms with E-state index in [0.29, 0.717) is 5.56 Å². The Morgan fingerprint density at radius 2 is 1.81 bits per heavy atom. The minimum Gasteiger partial charge on any atom is -0.481 e. The van der Waals surface area contributed by atoms with Gasteiger partial charge in [-0.25, -0.2) is 0 Å². The van der Waals surface area contributed by atoms with Gasteiger partial charge in [-0.1, -0.05) is 22.0 Å². The molecule has 0 saturated carbocycles. The second kappa shape index (κ2) is 6.26. The van der Waals surface area contributed by atoms with Gasteiger partial charge < -0.3 is 15.1 Å². The molecular formula is C14H14BrNO5. The first-order valence-corrected chi connectivity index (χ1v) is 7.20. The van der Waals surface area contributed by atoms with Crippen molar-refractivity contribution in [2.24, 2.45) is 11.8 Å². The molecule has 1 saturated heterocycles. The van der Waals surface area contributed by atoms with Crippen LogP contribution in [0.4, 0.5) is 0 Å². The van der Waals surface area contributed by atoms with Gasteiger partial charge in [0.25, 0.3) is 5.91 Å². The summed E-state index contributed by atoms with van der Waals surface area (Å²) in [7, 11) is 0. The van der Waals surface area contributed by atoms with Crippen LogP contribution in [-0.2, 0) is 9.59 Å². The molecule has 2 N–H and O–H groups in total. The summed E-state index contributed by atoms with van der Waals surface area (Å²) in [4.78, 5) is 36.1. The minimum absolute atomic E-state index is 0.0857. The third-order valence-electron chi connectivity index (χ3n) is 3.61. The van der Waals surface area contributed by atoms with Gasteiger partial charge in [-0.05, 0) is 24.6 Å². The van der Waals surface area contributed by atoms with Gasteiger partial charge in [0.15, 0.2) is 0 Å². The lowest BCUT2D eigenvalue weighted by molar-refractivity contribution is -0.156. The monoisotopic (exact) mass is 355 g/mol. The van der Waals surface area contributed by atoms with Gasteiger partial charge >= 0.3 is 11.9 Å². The van der Waals surface area contributed by atoms with Gasteiger partial charge in [0, 0.05) is 23.1 Å². The molecule has 0 aromatic heterocycles. The molecular weight excluding hydrogens is 342 g/mol. The molecule has 1 heterocycles. The summed E-state index contributed by atoms with van der Waals surface area (Å²) >= 11 is 3.28.